The van der Waals surface area contributed by atoms with Crippen molar-refractivity contribution in [2.24, 2.45) is 5.92 Å². The fourth-order valence-corrected chi connectivity index (χ4v) is 3.96. The minimum Gasteiger partial charge on any atom is -0.384 e. The van der Waals surface area contributed by atoms with E-state index in [1.165, 1.54) is 0 Å². The van der Waals surface area contributed by atoms with Gasteiger partial charge in [-0.2, -0.15) is 0 Å². The number of benzene rings is 1. The number of rotatable bonds is 6. The van der Waals surface area contributed by atoms with Gasteiger partial charge < -0.3 is 14.6 Å². The minimum atomic E-state index is 0.174. The van der Waals surface area contributed by atoms with Gasteiger partial charge >= 0.3 is 0 Å². The summed E-state index contributed by atoms with van der Waals surface area (Å²) in [6.45, 7) is 4.61. The van der Waals surface area contributed by atoms with E-state index < -0.39 is 0 Å². The number of amides is 1. The Labute approximate surface area is 147 Å². The number of hydrogen-bond donors (Lipinski definition) is 1. The van der Waals surface area contributed by atoms with Crippen LogP contribution in [0.25, 0.3) is 11.0 Å². The highest BCUT2D eigenvalue weighted by molar-refractivity contribution is 8.00. The van der Waals surface area contributed by atoms with Gasteiger partial charge in [0.1, 0.15) is 5.82 Å². The number of thioether (sulfide) groups is 1. The van der Waals surface area contributed by atoms with Crippen molar-refractivity contribution in [3.05, 3.63) is 30.1 Å². The van der Waals surface area contributed by atoms with E-state index in [0.29, 0.717) is 11.7 Å². The van der Waals surface area contributed by atoms with Gasteiger partial charge in [-0.05, 0) is 37.8 Å². The second-order valence-electron chi connectivity index (χ2n) is 6.37. The number of ether oxygens (including phenoxy) is 1. The molecule has 24 heavy (non-hydrogen) atoms. The van der Waals surface area contributed by atoms with Crippen molar-refractivity contribution in [3.63, 3.8) is 0 Å². The monoisotopic (exact) mass is 347 g/mol. The molecule has 1 amide bonds. The highest BCUT2D eigenvalue weighted by atomic mass is 32.2. The van der Waals surface area contributed by atoms with E-state index in [1.54, 1.807) is 18.9 Å². The van der Waals surface area contributed by atoms with Gasteiger partial charge in [-0.3, -0.25) is 4.79 Å². The SMILES string of the molecule is COCC1CCN(C(=O)CS[C@@H](C)c2nc3ccccc3[nH]2)CC1. The minimum absolute atomic E-state index is 0.174. The molecule has 2 heterocycles. The van der Waals surface area contributed by atoms with Crippen LogP contribution in [0.3, 0.4) is 0 Å². The van der Waals surface area contributed by atoms with Crippen molar-refractivity contribution >= 4 is 28.7 Å². The second-order valence-corrected chi connectivity index (χ2v) is 7.70. The summed E-state index contributed by atoms with van der Waals surface area (Å²) in [5.41, 5.74) is 2.03. The van der Waals surface area contributed by atoms with Crippen LogP contribution in [0, 0.1) is 5.92 Å². The molecule has 130 valence electrons. The number of methoxy groups -OCH3 is 1. The van der Waals surface area contributed by atoms with Gasteiger partial charge in [-0.25, -0.2) is 4.98 Å². The van der Waals surface area contributed by atoms with E-state index in [2.05, 4.69) is 16.9 Å². The van der Waals surface area contributed by atoms with Gasteiger partial charge in [-0.15, -0.1) is 11.8 Å². The Hall–Kier alpha value is -1.53. The molecule has 1 saturated heterocycles. The fourth-order valence-electron chi connectivity index (χ4n) is 3.12. The lowest BCUT2D eigenvalue weighted by molar-refractivity contribution is -0.129. The van der Waals surface area contributed by atoms with Crippen molar-refractivity contribution in [2.45, 2.75) is 25.0 Å². The molecule has 6 heteroatoms. The molecule has 0 radical (unpaired) electrons. The molecule has 0 saturated carbocycles. The molecule has 0 spiro atoms. The van der Waals surface area contributed by atoms with Gasteiger partial charge in [0.25, 0.3) is 0 Å². The number of carbonyl (C=O) groups excluding carboxylic acids is 1. The van der Waals surface area contributed by atoms with Crippen LogP contribution in [0.15, 0.2) is 24.3 Å². The maximum atomic E-state index is 12.4. The lowest BCUT2D eigenvalue weighted by Gasteiger charge is -2.31. The first-order valence-corrected chi connectivity index (χ1v) is 9.55. The van der Waals surface area contributed by atoms with Gasteiger partial charge in [0, 0.05) is 26.8 Å². The number of imidazole rings is 1. The normalized spacial score (nSPS) is 17.3. The lowest BCUT2D eigenvalue weighted by atomic mass is 9.98. The van der Waals surface area contributed by atoms with E-state index in [4.69, 9.17) is 4.74 Å². The van der Waals surface area contributed by atoms with Crippen LogP contribution < -0.4 is 0 Å². The smallest absolute Gasteiger partial charge is 0.232 e. The molecule has 1 aromatic carbocycles. The number of likely N-dealkylation sites (tertiary alicyclic amines) is 1. The predicted molar refractivity (Wildman–Crippen MR) is 98.1 cm³/mol. The van der Waals surface area contributed by atoms with Gasteiger partial charge in [0.05, 0.1) is 22.0 Å². The molecular formula is C18H25N3O2S. The van der Waals surface area contributed by atoms with E-state index in [9.17, 15) is 4.79 Å². The zero-order chi connectivity index (χ0) is 16.9. The average molecular weight is 347 g/mol. The highest BCUT2D eigenvalue weighted by Gasteiger charge is 2.23. The summed E-state index contributed by atoms with van der Waals surface area (Å²) in [5.74, 6) is 2.28. The van der Waals surface area contributed by atoms with E-state index in [0.717, 1.165) is 49.4 Å². The maximum absolute atomic E-state index is 12.4. The number of nitrogens with one attached hydrogen (secondary N) is 1. The molecule has 1 N–H and O–H groups in total. The topological polar surface area (TPSA) is 58.2 Å². The molecule has 5 nitrogen and oxygen atoms in total. The number of hydrogen-bond acceptors (Lipinski definition) is 4. The third kappa shape index (κ3) is 4.11. The maximum Gasteiger partial charge on any atom is 0.232 e. The molecular weight excluding hydrogens is 322 g/mol. The number of aromatic amines is 1. The lowest BCUT2D eigenvalue weighted by Crippen LogP contribution is -2.40. The number of piperidine rings is 1. The van der Waals surface area contributed by atoms with E-state index in [-0.39, 0.29) is 11.2 Å². The molecule has 0 aliphatic carbocycles. The first-order valence-electron chi connectivity index (χ1n) is 8.50. The van der Waals surface area contributed by atoms with Gasteiger partial charge in [0.15, 0.2) is 0 Å². The molecule has 1 aliphatic heterocycles. The zero-order valence-electron chi connectivity index (χ0n) is 14.3. The molecule has 1 aromatic heterocycles. The van der Waals surface area contributed by atoms with Crippen molar-refractivity contribution < 1.29 is 9.53 Å². The van der Waals surface area contributed by atoms with Gasteiger partial charge in [-0.1, -0.05) is 12.1 Å². The van der Waals surface area contributed by atoms with Crippen LogP contribution >= 0.6 is 11.8 Å². The summed E-state index contributed by atoms with van der Waals surface area (Å²) < 4.78 is 5.21. The Morgan fingerprint density at radius 1 is 1.42 bits per heavy atom. The Morgan fingerprint density at radius 2 is 2.17 bits per heavy atom. The summed E-state index contributed by atoms with van der Waals surface area (Å²) in [6.07, 6.45) is 2.09. The Kier molecular flexibility index (Phi) is 5.79. The second kappa shape index (κ2) is 8.03. The summed E-state index contributed by atoms with van der Waals surface area (Å²) in [6, 6.07) is 8.01. The number of carbonyl (C=O) groups is 1. The fraction of sp³-hybridized carbons (Fsp3) is 0.556. The highest BCUT2D eigenvalue weighted by Crippen LogP contribution is 2.28. The quantitative estimate of drug-likeness (QED) is 0.871. The zero-order valence-corrected chi connectivity index (χ0v) is 15.1. The van der Waals surface area contributed by atoms with Crippen molar-refractivity contribution in [1.82, 2.24) is 14.9 Å². The molecule has 3 rings (SSSR count). The van der Waals surface area contributed by atoms with Crippen molar-refractivity contribution in [1.29, 1.82) is 0 Å². The van der Waals surface area contributed by atoms with Crippen LogP contribution in [-0.4, -0.2) is 53.3 Å². The van der Waals surface area contributed by atoms with Gasteiger partial charge in [0.2, 0.25) is 5.91 Å². The number of nitrogens with zero attached hydrogens (tertiary/aromatic N) is 2. The van der Waals surface area contributed by atoms with Crippen LogP contribution in [0.2, 0.25) is 0 Å². The molecule has 1 aliphatic rings. The number of fused-ring (bicyclic) bond motifs is 1. The average Bonchev–Trinajstić information content (AvgIpc) is 3.04. The molecule has 1 atom stereocenters. The van der Waals surface area contributed by atoms with Crippen molar-refractivity contribution in [3.8, 4) is 0 Å². The molecule has 0 bridgehead atoms. The van der Waals surface area contributed by atoms with E-state index >= 15 is 0 Å². The van der Waals surface area contributed by atoms with Crippen LogP contribution in [0.5, 0.6) is 0 Å². The summed E-state index contributed by atoms with van der Waals surface area (Å²) >= 11 is 1.65. The van der Waals surface area contributed by atoms with Crippen LogP contribution in [-0.2, 0) is 9.53 Å². The standard InChI is InChI=1S/C18H25N3O2S/c1-13(18-19-15-5-3-4-6-16(15)20-18)24-12-17(22)21-9-7-14(8-10-21)11-23-2/h3-6,13-14H,7-12H2,1-2H3,(H,19,20)/t13-/m0/s1. The Morgan fingerprint density at radius 3 is 2.88 bits per heavy atom. The molecule has 1 fully saturated rings. The molecule has 0 unspecified atom stereocenters. The Bertz CT molecular complexity index is 647. The van der Waals surface area contributed by atoms with E-state index in [1.807, 2.05) is 29.2 Å². The first kappa shape index (κ1) is 17.3. The summed E-state index contributed by atoms with van der Waals surface area (Å²) in [7, 11) is 1.74. The summed E-state index contributed by atoms with van der Waals surface area (Å²) in [4.78, 5) is 22.4. The third-order valence-corrected chi connectivity index (χ3v) is 5.76. The van der Waals surface area contributed by atoms with Crippen LogP contribution in [0.4, 0.5) is 0 Å². The third-order valence-electron chi connectivity index (χ3n) is 4.62. The largest absolute Gasteiger partial charge is 0.384 e. The van der Waals surface area contributed by atoms with Crippen LogP contribution in [0.1, 0.15) is 30.8 Å². The first-order chi connectivity index (χ1) is 11.7. The van der Waals surface area contributed by atoms with Crippen molar-refractivity contribution in [2.75, 3.05) is 32.6 Å². The molecule has 2 aromatic rings. The number of H-pyrrole nitrogens is 1. The number of aromatic nitrogens is 2. The number of para-hydroxylation sites is 2. The predicted octanol–water partition coefficient (Wildman–Crippen LogP) is 3.24. The Balaban J connectivity index is 1.49. The summed E-state index contributed by atoms with van der Waals surface area (Å²) in [5, 5.41) is 0.174.